The summed E-state index contributed by atoms with van der Waals surface area (Å²) < 4.78 is 7.00. The minimum absolute atomic E-state index is 0. The van der Waals surface area contributed by atoms with Gasteiger partial charge in [0.25, 0.3) is 0 Å². The maximum atomic E-state index is 10.3. The summed E-state index contributed by atoms with van der Waals surface area (Å²) in [5.74, 6) is 0.924. The molecule has 258 valence electrons. The average Bonchev–Trinajstić information content (AvgIpc) is 3.17. The average molecular weight is 750 g/mol. The first-order chi connectivity index (χ1) is 24.6. The Balaban J connectivity index is 0.000000565. The molecule has 0 aliphatic carbocycles. The van der Waals surface area contributed by atoms with E-state index in [9.17, 15) is 5.11 Å². The molecule has 4 heteroatoms. The zero-order chi connectivity index (χ0) is 34.6. The molecule has 1 heterocycles. The van der Waals surface area contributed by atoms with Crippen molar-refractivity contribution in [3.8, 4) is 5.75 Å². The smallest absolute Gasteiger partial charge is 0.129 e. The fourth-order valence-corrected chi connectivity index (χ4v) is 7.35. The summed E-state index contributed by atoms with van der Waals surface area (Å²) in [7, 11) is 0. The number of hydrogen-bond acceptors (Lipinski definition) is 3. The quantitative estimate of drug-likeness (QED) is 0.112. The van der Waals surface area contributed by atoms with Crippen molar-refractivity contribution in [2.24, 2.45) is 0 Å². The fraction of sp³-hybridized carbons (Fsp3) is 0.213. The van der Waals surface area contributed by atoms with E-state index >= 15 is 0 Å². The van der Waals surface area contributed by atoms with Gasteiger partial charge in [-0.05, 0) is 48.6 Å². The molecule has 0 spiro atoms. The van der Waals surface area contributed by atoms with Crippen LogP contribution < -0.4 is 4.74 Å². The summed E-state index contributed by atoms with van der Waals surface area (Å²) in [6.45, 7) is 8.28. The minimum atomic E-state index is -0.616. The number of aliphatic hydroxyl groups excluding tert-OH is 1. The summed E-state index contributed by atoms with van der Waals surface area (Å²) in [4.78, 5) is 2.45. The van der Waals surface area contributed by atoms with Gasteiger partial charge in [0, 0.05) is 49.9 Å². The molecule has 0 bridgehead atoms. The van der Waals surface area contributed by atoms with Crippen molar-refractivity contribution in [3.63, 3.8) is 0 Å². The molecule has 3 nitrogen and oxygen atoms in total. The first kappa shape index (κ1) is 38.0. The van der Waals surface area contributed by atoms with Gasteiger partial charge in [-0.3, -0.25) is 4.90 Å². The molecule has 0 saturated carbocycles. The van der Waals surface area contributed by atoms with E-state index in [1.165, 1.54) is 27.8 Å². The van der Waals surface area contributed by atoms with E-state index in [1.54, 1.807) is 0 Å². The number of ether oxygens (including phenoxy) is 1. The van der Waals surface area contributed by atoms with E-state index in [0.717, 1.165) is 54.8 Å². The molecule has 6 aromatic carbocycles. The Morgan fingerprint density at radius 3 is 1.65 bits per heavy atom. The molecule has 1 saturated heterocycles. The van der Waals surface area contributed by atoms with Crippen LogP contribution in [0.5, 0.6) is 5.75 Å². The van der Waals surface area contributed by atoms with Crippen LogP contribution in [0, 0.1) is 13.8 Å². The number of nitrogens with zero attached hydrogens (tertiary/aromatic N) is 1. The van der Waals surface area contributed by atoms with E-state index in [0.29, 0.717) is 6.61 Å². The Labute approximate surface area is 324 Å². The predicted molar refractivity (Wildman–Crippen MR) is 206 cm³/mol. The molecule has 7 rings (SSSR count). The fourth-order valence-electron chi connectivity index (χ4n) is 7.35. The van der Waals surface area contributed by atoms with Gasteiger partial charge >= 0.3 is 0 Å². The van der Waals surface area contributed by atoms with E-state index in [-0.39, 0.29) is 38.9 Å². The molecular formula is C47H48NO2Zr-. The second-order valence-electron chi connectivity index (χ2n) is 13.2. The molecule has 1 aliphatic rings. The van der Waals surface area contributed by atoms with Crippen molar-refractivity contribution in [2.45, 2.75) is 50.8 Å². The number of rotatable bonds is 10. The van der Waals surface area contributed by atoms with Crippen molar-refractivity contribution in [1.29, 1.82) is 0 Å². The number of piperidine rings is 1. The summed E-state index contributed by atoms with van der Waals surface area (Å²) in [6, 6.07) is 57.6. The molecule has 1 N–H and O–H groups in total. The third kappa shape index (κ3) is 9.18. The van der Waals surface area contributed by atoms with Crippen molar-refractivity contribution < 1.29 is 36.0 Å². The van der Waals surface area contributed by atoms with E-state index in [4.69, 9.17) is 4.74 Å². The van der Waals surface area contributed by atoms with E-state index < -0.39 is 5.41 Å². The van der Waals surface area contributed by atoms with Crippen LogP contribution in [0.4, 0.5) is 0 Å². The summed E-state index contributed by atoms with van der Waals surface area (Å²) in [5.41, 5.74) is 8.67. The third-order valence-electron chi connectivity index (χ3n) is 9.74. The topological polar surface area (TPSA) is 32.7 Å². The largest absolute Gasteiger partial charge is 0.488 e. The van der Waals surface area contributed by atoms with Crippen LogP contribution in [0.25, 0.3) is 0 Å². The maximum Gasteiger partial charge on any atom is 0.129 e. The second-order valence-corrected chi connectivity index (χ2v) is 13.2. The number of aryl methyl sites for hydroxylation is 1. The van der Waals surface area contributed by atoms with Gasteiger partial charge in [0.1, 0.15) is 12.4 Å². The van der Waals surface area contributed by atoms with Gasteiger partial charge in [0.05, 0.1) is 12.0 Å². The molecule has 6 aromatic rings. The van der Waals surface area contributed by atoms with Crippen LogP contribution in [0.2, 0.25) is 0 Å². The van der Waals surface area contributed by atoms with E-state index in [2.05, 4.69) is 146 Å². The van der Waals surface area contributed by atoms with Crippen molar-refractivity contribution in [3.05, 3.63) is 215 Å². The molecular weight excluding hydrogens is 702 g/mol. The van der Waals surface area contributed by atoms with Crippen LogP contribution in [0.1, 0.15) is 63.8 Å². The zero-order valence-corrected chi connectivity index (χ0v) is 32.1. The SMILES string of the molecule is Cc1cc(CN2CCCC[C@H]2CO)c(OCc2ccccc2)c(C(c2ccccc2)(c2ccccc2)c2ccccc2)c1.[CH2-]c1ccccc1.[Zr]. The number of aliphatic hydroxyl groups is 1. The van der Waals surface area contributed by atoms with Gasteiger partial charge in [-0.1, -0.05) is 152 Å². The normalized spacial score (nSPS) is 14.4. The zero-order valence-electron chi connectivity index (χ0n) is 29.6. The van der Waals surface area contributed by atoms with Crippen molar-refractivity contribution in [2.75, 3.05) is 13.2 Å². The van der Waals surface area contributed by atoms with Crippen molar-refractivity contribution >= 4 is 0 Å². The van der Waals surface area contributed by atoms with Gasteiger partial charge in [-0.15, -0.1) is 12.1 Å². The molecule has 0 aromatic heterocycles. The Kier molecular flexibility index (Phi) is 14.1. The summed E-state index contributed by atoms with van der Waals surface area (Å²) >= 11 is 0. The molecule has 0 unspecified atom stereocenters. The third-order valence-corrected chi connectivity index (χ3v) is 9.74. The molecule has 1 fully saturated rings. The van der Waals surface area contributed by atoms with Gasteiger partial charge < -0.3 is 9.84 Å². The number of likely N-dealkylation sites (tertiary alicyclic amines) is 1. The Morgan fingerprint density at radius 1 is 0.686 bits per heavy atom. The first-order valence-corrected chi connectivity index (χ1v) is 17.8. The molecule has 1 aliphatic heterocycles. The van der Waals surface area contributed by atoms with Crippen LogP contribution >= 0.6 is 0 Å². The Bertz CT molecular complexity index is 1790. The van der Waals surface area contributed by atoms with Gasteiger partial charge in [-0.2, -0.15) is 24.6 Å². The summed E-state index contributed by atoms with van der Waals surface area (Å²) in [5, 5.41) is 10.3. The van der Waals surface area contributed by atoms with E-state index in [1.807, 2.05) is 36.4 Å². The van der Waals surface area contributed by atoms with Gasteiger partial charge in [0.2, 0.25) is 0 Å². The Hall–Kier alpha value is -4.21. The molecule has 0 amide bonds. The standard InChI is InChI=1S/C40H41NO2.C7H7.Zr/c1-31-26-33(28-41-25-15-14-24-37(41)29-42)39(43-30-32-16-6-2-7-17-32)38(27-31)40(34-18-8-3-9-19-34,35-20-10-4-11-21-35)36-22-12-5-13-23-36;1-7-5-3-2-4-6-7;/h2-13,16-23,26-27,37,42H,14-15,24-25,28-30H2,1H3;2-6H,1H2;/q;-1;/t37-;;/m0../s1. The number of benzene rings is 6. The van der Waals surface area contributed by atoms with Gasteiger partial charge in [0.15, 0.2) is 0 Å². The molecule has 51 heavy (non-hydrogen) atoms. The van der Waals surface area contributed by atoms with Crippen LogP contribution in [-0.4, -0.2) is 29.2 Å². The van der Waals surface area contributed by atoms with Gasteiger partial charge in [-0.25, -0.2) is 0 Å². The number of hydrogen-bond donors (Lipinski definition) is 1. The molecule has 0 radical (unpaired) electrons. The second kappa shape index (κ2) is 18.9. The molecule has 1 atom stereocenters. The summed E-state index contributed by atoms with van der Waals surface area (Å²) in [6.07, 6.45) is 3.34. The van der Waals surface area contributed by atoms with Crippen LogP contribution in [0.3, 0.4) is 0 Å². The van der Waals surface area contributed by atoms with Crippen molar-refractivity contribution in [1.82, 2.24) is 4.90 Å². The van der Waals surface area contributed by atoms with Crippen LogP contribution in [0.15, 0.2) is 164 Å². The predicted octanol–water partition coefficient (Wildman–Crippen LogP) is 10.2. The minimum Gasteiger partial charge on any atom is -0.488 e. The monoisotopic (exact) mass is 748 g/mol. The Morgan fingerprint density at radius 2 is 1.18 bits per heavy atom. The van der Waals surface area contributed by atoms with Crippen LogP contribution in [-0.2, 0) is 44.8 Å². The maximum absolute atomic E-state index is 10.3. The first-order valence-electron chi connectivity index (χ1n) is 17.8.